The summed E-state index contributed by atoms with van der Waals surface area (Å²) >= 11 is 0. The van der Waals surface area contributed by atoms with Gasteiger partial charge < -0.3 is 4.57 Å². The van der Waals surface area contributed by atoms with Crippen molar-refractivity contribution >= 4 is 9.84 Å². The van der Waals surface area contributed by atoms with Crippen LogP contribution >= 0.6 is 0 Å². The predicted molar refractivity (Wildman–Crippen MR) is 105 cm³/mol. The van der Waals surface area contributed by atoms with Crippen molar-refractivity contribution in [3.8, 4) is 0 Å². The third-order valence-corrected chi connectivity index (χ3v) is 6.39. The van der Waals surface area contributed by atoms with E-state index in [9.17, 15) is 8.42 Å². The maximum Gasteiger partial charge on any atom is 0.227 e. The van der Waals surface area contributed by atoms with E-state index >= 15 is 0 Å². The minimum atomic E-state index is -3.34. The number of sulfone groups is 1. The first-order valence-electron chi connectivity index (χ1n) is 9.81. The van der Waals surface area contributed by atoms with E-state index < -0.39 is 9.84 Å². The van der Waals surface area contributed by atoms with Gasteiger partial charge in [-0.15, -0.1) is 0 Å². The second-order valence-electron chi connectivity index (χ2n) is 7.74. The number of hydrogen-bond acceptors (Lipinski definition) is 5. The Morgan fingerprint density at radius 2 is 1.93 bits per heavy atom. The maximum atomic E-state index is 12.2. The summed E-state index contributed by atoms with van der Waals surface area (Å²) in [5.41, 5.74) is 2.13. The Morgan fingerprint density at radius 3 is 2.52 bits per heavy atom. The lowest BCUT2D eigenvalue weighted by molar-refractivity contribution is 0.253. The third kappa shape index (κ3) is 5.19. The molecule has 0 atom stereocenters. The van der Waals surface area contributed by atoms with Crippen molar-refractivity contribution in [2.24, 2.45) is 13.0 Å². The molecule has 0 bridgehead atoms. The Hall–Kier alpha value is -1.67. The standard InChI is InChI=1S/C19H31N5O2S/c1-4-23(13-17-10-21-22(2)12-17)15-18-11-20-19(27(3,25)26)24(18)14-16-8-6-5-7-9-16/h10-12,16H,4-9,13-15H2,1-3H3. The Bertz CT molecular complexity index is 849. The van der Waals surface area contributed by atoms with Crippen molar-refractivity contribution in [3.05, 3.63) is 29.8 Å². The summed E-state index contributed by atoms with van der Waals surface area (Å²) in [6.45, 7) is 5.21. The molecule has 2 heterocycles. The van der Waals surface area contributed by atoms with E-state index in [4.69, 9.17) is 0 Å². The number of hydrogen-bond donors (Lipinski definition) is 0. The van der Waals surface area contributed by atoms with Crippen LogP contribution in [0, 0.1) is 5.92 Å². The van der Waals surface area contributed by atoms with Crippen LogP contribution in [0.15, 0.2) is 23.7 Å². The molecule has 0 amide bonds. The van der Waals surface area contributed by atoms with E-state index in [1.54, 1.807) is 10.9 Å². The van der Waals surface area contributed by atoms with Gasteiger partial charge in [0.2, 0.25) is 15.0 Å². The summed E-state index contributed by atoms with van der Waals surface area (Å²) in [6, 6.07) is 0. The van der Waals surface area contributed by atoms with E-state index in [1.165, 1.54) is 38.4 Å². The SMILES string of the molecule is CCN(Cc1cnn(C)c1)Cc1cnc(S(C)(=O)=O)n1CC1CCCCC1. The second kappa shape index (κ2) is 8.56. The lowest BCUT2D eigenvalue weighted by Crippen LogP contribution is -2.26. The predicted octanol–water partition coefficient (Wildman–Crippen LogP) is 2.62. The van der Waals surface area contributed by atoms with Crippen LogP contribution in [0.2, 0.25) is 0 Å². The fourth-order valence-electron chi connectivity index (χ4n) is 3.96. The molecule has 7 nitrogen and oxygen atoms in total. The number of aryl methyl sites for hydroxylation is 1. The highest BCUT2D eigenvalue weighted by atomic mass is 32.2. The first-order valence-corrected chi connectivity index (χ1v) is 11.7. The van der Waals surface area contributed by atoms with Crippen molar-refractivity contribution < 1.29 is 8.42 Å². The van der Waals surface area contributed by atoms with E-state index in [1.807, 2.05) is 24.0 Å². The lowest BCUT2D eigenvalue weighted by Gasteiger charge is -2.25. The van der Waals surface area contributed by atoms with Crippen LogP contribution in [-0.2, 0) is 36.5 Å². The molecule has 1 fully saturated rings. The van der Waals surface area contributed by atoms with Crippen LogP contribution in [0.25, 0.3) is 0 Å². The minimum absolute atomic E-state index is 0.209. The molecule has 1 aliphatic carbocycles. The molecule has 150 valence electrons. The molecule has 8 heteroatoms. The van der Waals surface area contributed by atoms with E-state index in [0.29, 0.717) is 12.5 Å². The molecule has 0 unspecified atom stereocenters. The first-order chi connectivity index (χ1) is 12.9. The van der Waals surface area contributed by atoms with Gasteiger partial charge in [-0.1, -0.05) is 26.2 Å². The van der Waals surface area contributed by atoms with Gasteiger partial charge in [0.25, 0.3) is 0 Å². The highest BCUT2D eigenvalue weighted by Gasteiger charge is 2.23. The van der Waals surface area contributed by atoms with Gasteiger partial charge in [-0.2, -0.15) is 5.10 Å². The van der Waals surface area contributed by atoms with Crippen LogP contribution in [0.5, 0.6) is 0 Å². The number of rotatable bonds is 8. The molecular formula is C19H31N5O2S. The van der Waals surface area contributed by atoms with Crippen LogP contribution in [0.3, 0.4) is 0 Å². The topological polar surface area (TPSA) is 73.0 Å². The number of nitrogens with zero attached hydrogens (tertiary/aromatic N) is 5. The molecular weight excluding hydrogens is 362 g/mol. The fourth-order valence-corrected chi connectivity index (χ4v) is 4.79. The van der Waals surface area contributed by atoms with E-state index in [-0.39, 0.29) is 5.16 Å². The summed E-state index contributed by atoms with van der Waals surface area (Å²) in [5.74, 6) is 0.542. The molecule has 0 aromatic carbocycles. The van der Waals surface area contributed by atoms with E-state index in [2.05, 4.69) is 21.9 Å². The van der Waals surface area contributed by atoms with Gasteiger partial charge in [-0.05, 0) is 25.3 Å². The van der Waals surface area contributed by atoms with Gasteiger partial charge in [-0.3, -0.25) is 9.58 Å². The first kappa shape index (κ1) is 20.1. The summed E-state index contributed by atoms with van der Waals surface area (Å²) in [6.07, 6.45) is 13.0. The van der Waals surface area contributed by atoms with Crippen molar-refractivity contribution in [1.82, 2.24) is 24.2 Å². The van der Waals surface area contributed by atoms with Crippen molar-refractivity contribution in [3.63, 3.8) is 0 Å². The summed E-state index contributed by atoms with van der Waals surface area (Å²) in [7, 11) is -1.43. The largest absolute Gasteiger partial charge is 0.317 e. The molecule has 2 aromatic rings. The summed E-state index contributed by atoms with van der Waals surface area (Å²) in [5, 5.41) is 4.44. The quantitative estimate of drug-likeness (QED) is 0.689. The van der Waals surface area contributed by atoms with E-state index in [0.717, 1.165) is 30.9 Å². The van der Waals surface area contributed by atoms with Gasteiger partial charge >= 0.3 is 0 Å². The Balaban J connectivity index is 1.81. The molecule has 0 aliphatic heterocycles. The minimum Gasteiger partial charge on any atom is -0.317 e. The van der Waals surface area contributed by atoms with Crippen LogP contribution < -0.4 is 0 Å². The Labute approximate surface area is 162 Å². The van der Waals surface area contributed by atoms with Crippen molar-refractivity contribution in [2.45, 2.75) is 63.8 Å². The third-order valence-electron chi connectivity index (χ3n) is 5.40. The average Bonchev–Trinajstić information content (AvgIpc) is 3.21. The molecule has 0 radical (unpaired) electrons. The van der Waals surface area contributed by atoms with Gasteiger partial charge in [0.15, 0.2) is 0 Å². The summed E-state index contributed by atoms with van der Waals surface area (Å²) < 4.78 is 28.3. The van der Waals surface area contributed by atoms with Crippen LogP contribution in [0.1, 0.15) is 50.3 Å². The van der Waals surface area contributed by atoms with Crippen molar-refractivity contribution in [2.75, 3.05) is 12.8 Å². The van der Waals surface area contributed by atoms with Crippen molar-refractivity contribution in [1.29, 1.82) is 0 Å². The Kier molecular flexibility index (Phi) is 6.37. The fraction of sp³-hybridized carbons (Fsp3) is 0.684. The molecule has 27 heavy (non-hydrogen) atoms. The Morgan fingerprint density at radius 1 is 1.19 bits per heavy atom. The molecule has 2 aromatic heterocycles. The maximum absolute atomic E-state index is 12.2. The van der Waals surface area contributed by atoms with Gasteiger partial charge in [0.1, 0.15) is 0 Å². The highest BCUT2D eigenvalue weighted by Crippen LogP contribution is 2.27. The smallest absolute Gasteiger partial charge is 0.227 e. The second-order valence-corrected chi connectivity index (χ2v) is 9.65. The zero-order chi connectivity index (χ0) is 19.4. The van der Waals surface area contributed by atoms with Gasteiger partial charge in [0, 0.05) is 44.7 Å². The lowest BCUT2D eigenvalue weighted by atomic mass is 9.89. The monoisotopic (exact) mass is 393 g/mol. The molecule has 0 spiro atoms. The normalized spacial score (nSPS) is 16.3. The van der Waals surface area contributed by atoms with Gasteiger partial charge in [0.05, 0.1) is 18.1 Å². The number of aromatic nitrogens is 4. The number of imidazole rings is 1. The zero-order valence-corrected chi connectivity index (χ0v) is 17.5. The summed E-state index contributed by atoms with van der Waals surface area (Å²) in [4.78, 5) is 6.57. The average molecular weight is 394 g/mol. The molecule has 1 saturated carbocycles. The highest BCUT2D eigenvalue weighted by molar-refractivity contribution is 7.90. The molecule has 0 saturated heterocycles. The van der Waals surface area contributed by atoms with Crippen LogP contribution in [-0.4, -0.2) is 45.4 Å². The zero-order valence-electron chi connectivity index (χ0n) is 16.6. The molecule has 0 N–H and O–H groups in total. The molecule has 3 rings (SSSR count). The van der Waals surface area contributed by atoms with Crippen LogP contribution in [0.4, 0.5) is 0 Å². The van der Waals surface area contributed by atoms with Gasteiger partial charge in [-0.25, -0.2) is 13.4 Å². The molecule has 1 aliphatic rings.